The molecule has 18 nitrogen and oxygen atoms in total. The van der Waals surface area contributed by atoms with E-state index >= 15 is 0 Å². The van der Waals surface area contributed by atoms with Gasteiger partial charge < -0.3 is 52.1 Å². The van der Waals surface area contributed by atoms with Gasteiger partial charge in [-0.05, 0) is 44.2 Å². The van der Waals surface area contributed by atoms with E-state index < -0.39 is 31.7 Å². The van der Waals surface area contributed by atoms with Crippen LogP contribution in [0.3, 0.4) is 0 Å². The van der Waals surface area contributed by atoms with E-state index in [1.54, 1.807) is 0 Å². The maximum Gasteiger partial charge on any atom is 0.264 e. The summed E-state index contributed by atoms with van der Waals surface area (Å²) in [5, 5.41) is 0. The van der Waals surface area contributed by atoms with E-state index in [9.17, 15) is 21.6 Å². The molecule has 0 atom stereocenters. The van der Waals surface area contributed by atoms with Crippen LogP contribution < -0.4 is 14.2 Å². The normalized spacial score (nSPS) is 11.9. The Morgan fingerprint density at radius 2 is 0.807 bits per heavy atom. The van der Waals surface area contributed by atoms with Gasteiger partial charge in [0, 0.05) is 25.2 Å². The SMILES string of the molecule is CCCCOc1c(OCCCS(=O)(=O)O)cc(C(=O)CCCOCCOCCOCCOCCOCCOCCOCCOCCC)cc1OCCCS(=O)(=O)O. The molecular weight excluding hydrogens is 797 g/mol. The Bertz CT molecular complexity index is 1300. The van der Waals surface area contributed by atoms with Crippen LogP contribution in [0.2, 0.25) is 0 Å². The summed E-state index contributed by atoms with van der Waals surface area (Å²) in [6.45, 7) is 11.6. The second-order valence-corrected chi connectivity index (χ2v) is 15.5. The summed E-state index contributed by atoms with van der Waals surface area (Å²) >= 11 is 0. The molecule has 20 heteroatoms. The van der Waals surface area contributed by atoms with Gasteiger partial charge in [0.2, 0.25) is 5.75 Å². The number of hydrogen-bond acceptors (Lipinski definition) is 16. The number of ether oxygens (including phenoxy) is 11. The number of benzene rings is 1. The van der Waals surface area contributed by atoms with E-state index in [2.05, 4.69) is 6.92 Å². The molecule has 57 heavy (non-hydrogen) atoms. The van der Waals surface area contributed by atoms with Crippen LogP contribution in [0.15, 0.2) is 12.1 Å². The van der Waals surface area contributed by atoms with Gasteiger partial charge in [-0.25, -0.2) is 0 Å². The zero-order valence-corrected chi connectivity index (χ0v) is 35.3. The van der Waals surface area contributed by atoms with E-state index in [-0.39, 0.29) is 67.7 Å². The predicted octanol–water partition coefficient (Wildman–Crippen LogP) is 3.68. The summed E-state index contributed by atoms with van der Waals surface area (Å²) in [5.74, 6) is -0.858. The van der Waals surface area contributed by atoms with Gasteiger partial charge in [-0.3, -0.25) is 13.9 Å². The van der Waals surface area contributed by atoms with Crippen molar-refractivity contribution in [1.29, 1.82) is 0 Å². The van der Waals surface area contributed by atoms with Gasteiger partial charge in [-0.1, -0.05) is 20.3 Å². The van der Waals surface area contributed by atoms with Crippen molar-refractivity contribution in [2.45, 2.75) is 58.8 Å². The highest BCUT2D eigenvalue weighted by Gasteiger charge is 2.20. The van der Waals surface area contributed by atoms with Crippen LogP contribution in [0.5, 0.6) is 17.2 Å². The molecule has 0 aliphatic carbocycles. The number of carbonyl (C=O) groups is 1. The fourth-order valence-electron chi connectivity index (χ4n) is 4.52. The maximum atomic E-state index is 13.2. The number of carbonyl (C=O) groups excluding carboxylic acids is 1. The minimum atomic E-state index is -4.20. The molecule has 1 aromatic rings. The molecule has 0 radical (unpaired) electrons. The monoisotopic (exact) mass is 862 g/mol. The molecule has 0 heterocycles. The van der Waals surface area contributed by atoms with Crippen LogP contribution in [0, 0.1) is 0 Å². The van der Waals surface area contributed by atoms with Gasteiger partial charge in [0.1, 0.15) is 0 Å². The molecule has 334 valence electrons. The van der Waals surface area contributed by atoms with E-state index in [1.165, 1.54) is 12.1 Å². The molecule has 0 amide bonds. The molecule has 0 unspecified atom stereocenters. The van der Waals surface area contributed by atoms with E-state index in [0.29, 0.717) is 112 Å². The molecule has 0 bridgehead atoms. The third-order valence-electron chi connectivity index (χ3n) is 7.34. The van der Waals surface area contributed by atoms with Crippen LogP contribution >= 0.6 is 0 Å². The highest BCUT2D eigenvalue weighted by molar-refractivity contribution is 7.86. The minimum Gasteiger partial charge on any atom is -0.489 e. The molecule has 0 aliphatic rings. The molecular formula is C37H66O18S2. The van der Waals surface area contributed by atoms with Crippen molar-refractivity contribution in [1.82, 2.24) is 0 Å². The molecule has 1 aromatic carbocycles. The molecule has 0 spiro atoms. The van der Waals surface area contributed by atoms with Gasteiger partial charge >= 0.3 is 0 Å². The molecule has 0 saturated heterocycles. The van der Waals surface area contributed by atoms with Gasteiger partial charge in [-0.15, -0.1) is 0 Å². The highest BCUT2D eigenvalue weighted by Crippen LogP contribution is 2.40. The summed E-state index contributed by atoms with van der Waals surface area (Å²) in [6, 6.07) is 2.95. The number of hydrogen-bond donors (Lipinski definition) is 2. The maximum absolute atomic E-state index is 13.2. The van der Waals surface area contributed by atoms with Crippen LogP contribution in [0.25, 0.3) is 0 Å². The molecule has 0 saturated carbocycles. The second kappa shape index (κ2) is 34.6. The van der Waals surface area contributed by atoms with E-state index in [0.717, 1.165) is 19.4 Å². The van der Waals surface area contributed by atoms with Crippen LogP contribution in [-0.4, -0.2) is 169 Å². The Morgan fingerprint density at radius 1 is 0.456 bits per heavy atom. The number of unbranched alkanes of at least 4 members (excludes halogenated alkanes) is 1. The van der Waals surface area contributed by atoms with Crippen molar-refractivity contribution in [3.8, 4) is 17.2 Å². The fraction of sp³-hybridized carbons (Fsp3) is 0.811. The average molecular weight is 863 g/mol. The lowest BCUT2D eigenvalue weighted by atomic mass is 10.1. The highest BCUT2D eigenvalue weighted by atomic mass is 32.2. The predicted molar refractivity (Wildman–Crippen MR) is 210 cm³/mol. The zero-order valence-electron chi connectivity index (χ0n) is 33.7. The summed E-state index contributed by atoms with van der Waals surface area (Å²) in [4.78, 5) is 13.2. The summed E-state index contributed by atoms with van der Waals surface area (Å²) in [7, 11) is -8.39. The lowest BCUT2D eigenvalue weighted by Crippen LogP contribution is -2.15. The van der Waals surface area contributed by atoms with Crippen molar-refractivity contribution in [2.24, 2.45) is 0 Å². The van der Waals surface area contributed by atoms with Gasteiger partial charge in [0.25, 0.3) is 20.2 Å². The molecule has 1 rings (SSSR count). The van der Waals surface area contributed by atoms with Gasteiger partial charge in [0.05, 0.1) is 124 Å². The first-order valence-electron chi connectivity index (χ1n) is 19.6. The third kappa shape index (κ3) is 32.3. The Morgan fingerprint density at radius 3 is 1.16 bits per heavy atom. The van der Waals surface area contributed by atoms with Crippen molar-refractivity contribution in [3.63, 3.8) is 0 Å². The van der Waals surface area contributed by atoms with Crippen molar-refractivity contribution in [3.05, 3.63) is 17.7 Å². The Labute approximate surface area is 338 Å². The minimum absolute atomic E-state index is 0.0264. The summed E-state index contributed by atoms with van der Waals surface area (Å²) in [5.41, 5.74) is 0.234. The summed E-state index contributed by atoms with van der Waals surface area (Å²) in [6.07, 6.45) is 3.01. The van der Waals surface area contributed by atoms with Crippen molar-refractivity contribution in [2.75, 3.05) is 137 Å². The number of ketones is 1. The van der Waals surface area contributed by atoms with Crippen molar-refractivity contribution >= 4 is 26.0 Å². The molecule has 2 N–H and O–H groups in total. The lowest BCUT2D eigenvalue weighted by molar-refractivity contribution is -0.0231. The lowest BCUT2D eigenvalue weighted by Gasteiger charge is -2.18. The Balaban J connectivity index is 2.29. The Kier molecular flexibility index (Phi) is 32.1. The van der Waals surface area contributed by atoms with Crippen molar-refractivity contribution < 1.29 is 82.8 Å². The van der Waals surface area contributed by atoms with Crippen LogP contribution in [0.4, 0.5) is 0 Å². The smallest absolute Gasteiger partial charge is 0.264 e. The van der Waals surface area contributed by atoms with Crippen LogP contribution in [0.1, 0.15) is 69.2 Å². The summed E-state index contributed by atoms with van der Waals surface area (Å²) < 4.78 is 124. The quantitative estimate of drug-likeness (QED) is 0.0543. The first-order chi connectivity index (χ1) is 27.5. The second-order valence-electron chi connectivity index (χ2n) is 12.4. The van der Waals surface area contributed by atoms with Crippen LogP contribution in [-0.2, 0) is 58.1 Å². The Hall–Kier alpha value is -2.21. The van der Waals surface area contributed by atoms with E-state index in [4.69, 9.17) is 61.2 Å². The number of rotatable bonds is 42. The zero-order chi connectivity index (χ0) is 41.9. The number of Topliss-reactive ketones (excluding diaryl/α,β-unsaturated/α-hetero) is 1. The first kappa shape index (κ1) is 52.8. The van der Waals surface area contributed by atoms with E-state index in [1.807, 2.05) is 6.92 Å². The average Bonchev–Trinajstić information content (AvgIpc) is 3.16. The third-order valence-corrected chi connectivity index (χ3v) is 8.95. The first-order valence-corrected chi connectivity index (χ1v) is 22.8. The van der Waals surface area contributed by atoms with Gasteiger partial charge in [-0.2, -0.15) is 16.8 Å². The molecule has 0 fully saturated rings. The standard InChI is InChI=1S/C37H66O18S2/c1-3-5-12-55-37-35(53-13-7-29-56(39,40)41)31-33(32-36(37)54-14-8-30-57(42,43)44)34(38)9-6-11-46-16-18-48-20-22-50-24-26-52-28-27-51-25-23-49-21-19-47-17-15-45-10-4-2/h31-32H,3-30H2,1-2H3,(H,39,40,41)(H,42,43,44). The molecule has 0 aliphatic heterocycles. The molecule has 0 aromatic heterocycles. The largest absolute Gasteiger partial charge is 0.489 e. The fourth-order valence-corrected chi connectivity index (χ4v) is 5.49. The topological polar surface area (TPSA) is 227 Å². The van der Waals surface area contributed by atoms with Gasteiger partial charge in [0.15, 0.2) is 17.3 Å².